The SMILES string of the molecule is CC(C)=CCC[C@H](C)C1CC[C@@H](C)c2c1cc(C)c([N+](=O)[O-])c2O. The van der Waals surface area contributed by atoms with E-state index in [4.69, 9.17) is 0 Å². The van der Waals surface area contributed by atoms with Crippen molar-refractivity contribution >= 4 is 5.69 Å². The van der Waals surface area contributed by atoms with Gasteiger partial charge in [0, 0.05) is 11.1 Å². The minimum Gasteiger partial charge on any atom is -0.502 e. The summed E-state index contributed by atoms with van der Waals surface area (Å²) in [6, 6.07) is 1.95. The topological polar surface area (TPSA) is 63.4 Å². The Labute approximate surface area is 144 Å². The van der Waals surface area contributed by atoms with E-state index < -0.39 is 4.92 Å². The van der Waals surface area contributed by atoms with Gasteiger partial charge >= 0.3 is 5.69 Å². The fourth-order valence-electron chi connectivity index (χ4n) is 4.04. The molecule has 0 bridgehead atoms. The summed E-state index contributed by atoms with van der Waals surface area (Å²) in [7, 11) is 0. The Morgan fingerprint density at radius 3 is 2.71 bits per heavy atom. The number of phenolic OH excluding ortho intramolecular Hbond substituents is 1. The zero-order valence-corrected chi connectivity index (χ0v) is 15.4. The molecule has 0 heterocycles. The highest BCUT2D eigenvalue weighted by Gasteiger charge is 2.34. The highest BCUT2D eigenvalue weighted by molar-refractivity contribution is 5.61. The number of rotatable bonds is 5. The first-order chi connectivity index (χ1) is 11.2. The highest BCUT2D eigenvalue weighted by atomic mass is 16.6. The van der Waals surface area contributed by atoms with Gasteiger partial charge in [-0.15, -0.1) is 0 Å². The zero-order valence-electron chi connectivity index (χ0n) is 15.4. The van der Waals surface area contributed by atoms with Gasteiger partial charge in [0.2, 0.25) is 0 Å². The fourth-order valence-corrected chi connectivity index (χ4v) is 4.04. The molecule has 1 aromatic rings. The number of hydrogen-bond acceptors (Lipinski definition) is 3. The van der Waals surface area contributed by atoms with Crippen LogP contribution in [0.1, 0.15) is 81.9 Å². The number of aromatic hydroxyl groups is 1. The molecule has 24 heavy (non-hydrogen) atoms. The zero-order chi connectivity index (χ0) is 18.0. The largest absolute Gasteiger partial charge is 0.502 e. The van der Waals surface area contributed by atoms with Gasteiger partial charge < -0.3 is 5.11 Å². The molecular formula is C20H29NO3. The summed E-state index contributed by atoms with van der Waals surface area (Å²) in [4.78, 5) is 10.8. The maximum Gasteiger partial charge on any atom is 0.313 e. The number of benzene rings is 1. The second kappa shape index (κ2) is 7.37. The molecule has 1 aliphatic rings. The lowest BCUT2D eigenvalue weighted by molar-refractivity contribution is -0.386. The van der Waals surface area contributed by atoms with Crippen LogP contribution in [0.25, 0.3) is 0 Å². The van der Waals surface area contributed by atoms with Crippen molar-refractivity contribution in [1.82, 2.24) is 0 Å². The van der Waals surface area contributed by atoms with Crippen LogP contribution in [0, 0.1) is 23.0 Å². The molecule has 3 atom stereocenters. The first kappa shape index (κ1) is 18.5. The van der Waals surface area contributed by atoms with Gasteiger partial charge in [-0.25, -0.2) is 0 Å². The summed E-state index contributed by atoms with van der Waals surface area (Å²) in [5, 5.41) is 21.8. The Kier molecular flexibility index (Phi) is 5.68. The van der Waals surface area contributed by atoms with E-state index in [-0.39, 0.29) is 17.4 Å². The number of allylic oxidation sites excluding steroid dienone is 2. The van der Waals surface area contributed by atoms with E-state index in [9.17, 15) is 15.2 Å². The van der Waals surface area contributed by atoms with E-state index >= 15 is 0 Å². The molecule has 2 rings (SSSR count). The summed E-state index contributed by atoms with van der Waals surface area (Å²) < 4.78 is 0. The van der Waals surface area contributed by atoms with Gasteiger partial charge in [0.05, 0.1) is 4.92 Å². The van der Waals surface area contributed by atoms with Crippen molar-refractivity contribution in [3.05, 3.63) is 44.5 Å². The predicted octanol–water partition coefficient (Wildman–Crippen LogP) is 5.97. The Hall–Kier alpha value is -1.84. The van der Waals surface area contributed by atoms with Crippen molar-refractivity contribution in [2.45, 2.75) is 72.1 Å². The summed E-state index contributed by atoms with van der Waals surface area (Å²) in [6.45, 7) is 10.3. The smallest absolute Gasteiger partial charge is 0.313 e. The number of nitrogens with zero attached hydrogens (tertiary/aromatic N) is 1. The van der Waals surface area contributed by atoms with Crippen LogP contribution in [0.4, 0.5) is 5.69 Å². The van der Waals surface area contributed by atoms with Gasteiger partial charge in [-0.2, -0.15) is 0 Å². The average Bonchev–Trinajstić information content (AvgIpc) is 2.45. The molecule has 1 N–H and O–H groups in total. The lowest BCUT2D eigenvalue weighted by Crippen LogP contribution is -2.19. The molecule has 0 radical (unpaired) electrons. The van der Waals surface area contributed by atoms with E-state index in [0.717, 1.165) is 36.8 Å². The normalized spacial score (nSPS) is 21.0. The second-order valence-electron chi connectivity index (χ2n) is 7.57. The van der Waals surface area contributed by atoms with Gasteiger partial charge in [-0.1, -0.05) is 25.5 Å². The molecule has 0 amide bonds. The average molecular weight is 331 g/mol. The number of phenols is 1. The van der Waals surface area contributed by atoms with Crippen molar-refractivity contribution in [3.8, 4) is 5.75 Å². The summed E-state index contributed by atoms with van der Waals surface area (Å²) in [5.41, 5.74) is 3.70. The Morgan fingerprint density at radius 1 is 1.46 bits per heavy atom. The maximum absolute atomic E-state index is 11.3. The summed E-state index contributed by atoms with van der Waals surface area (Å²) >= 11 is 0. The molecule has 4 heteroatoms. The quantitative estimate of drug-likeness (QED) is 0.410. The highest BCUT2D eigenvalue weighted by Crippen LogP contribution is 2.50. The molecule has 0 saturated heterocycles. The van der Waals surface area contributed by atoms with Crippen LogP contribution in [0.3, 0.4) is 0 Å². The summed E-state index contributed by atoms with van der Waals surface area (Å²) in [5.74, 6) is 0.920. The second-order valence-corrected chi connectivity index (χ2v) is 7.57. The van der Waals surface area contributed by atoms with E-state index in [1.54, 1.807) is 6.92 Å². The molecule has 132 valence electrons. The molecule has 0 aromatic heterocycles. The number of aryl methyl sites for hydroxylation is 1. The van der Waals surface area contributed by atoms with E-state index in [0.29, 0.717) is 17.4 Å². The number of nitro benzene ring substituents is 1. The minimum absolute atomic E-state index is 0.108. The molecule has 4 nitrogen and oxygen atoms in total. The molecule has 1 aliphatic carbocycles. The molecule has 0 saturated carbocycles. The molecule has 0 fully saturated rings. The van der Waals surface area contributed by atoms with Gasteiger partial charge in [0.15, 0.2) is 5.75 Å². The minimum atomic E-state index is -0.459. The standard InChI is InChI=1S/C20H29NO3/c1-12(2)7-6-8-13(3)16-10-9-14(4)18-17(16)11-15(5)19(20(18)22)21(23)24/h7,11,13-14,16,22H,6,8-10H2,1-5H3/t13-,14+,16?/m0/s1. The number of fused-ring (bicyclic) bond motifs is 1. The molecule has 1 aromatic carbocycles. The van der Waals surface area contributed by atoms with Crippen LogP contribution < -0.4 is 0 Å². The van der Waals surface area contributed by atoms with E-state index in [2.05, 4.69) is 33.8 Å². The first-order valence-corrected chi connectivity index (χ1v) is 8.88. The van der Waals surface area contributed by atoms with Crippen LogP contribution in [0.15, 0.2) is 17.7 Å². The van der Waals surface area contributed by atoms with Crippen molar-refractivity contribution < 1.29 is 10.0 Å². The Balaban J connectivity index is 2.39. The van der Waals surface area contributed by atoms with Crippen molar-refractivity contribution in [2.24, 2.45) is 5.92 Å². The van der Waals surface area contributed by atoms with Gasteiger partial charge in [-0.05, 0) is 75.8 Å². The molecule has 0 spiro atoms. The maximum atomic E-state index is 11.3. The predicted molar refractivity (Wildman–Crippen MR) is 97.7 cm³/mol. The van der Waals surface area contributed by atoms with Crippen molar-refractivity contribution in [1.29, 1.82) is 0 Å². The van der Waals surface area contributed by atoms with Crippen molar-refractivity contribution in [2.75, 3.05) is 0 Å². The first-order valence-electron chi connectivity index (χ1n) is 8.88. The summed E-state index contributed by atoms with van der Waals surface area (Å²) in [6.07, 6.45) is 6.48. The third-order valence-corrected chi connectivity index (χ3v) is 5.38. The van der Waals surface area contributed by atoms with E-state index in [1.165, 1.54) is 5.57 Å². The molecular weight excluding hydrogens is 302 g/mol. The van der Waals surface area contributed by atoms with Crippen LogP contribution in [0.2, 0.25) is 0 Å². The number of nitro groups is 1. The third kappa shape index (κ3) is 3.63. The van der Waals surface area contributed by atoms with E-state index in [1.807, 2.05) is 6.07 Å². The Bertz CT molecular complexity index is 659. The number of hydrogen-bond donors (Lipinski definition) is 1. The van der Waals surface area contributed by atoms with Gasteiger partial charge in [-0.3, -0.25) is 10.1 Å². The monoisotopic (exact) mass is 331 g/mol. The van der Waals surface area contributed by atoms with Crippen LogP contribution in [0.5, 0.6) is 5.75 Å². The third-order valence-electron chi connectivity index (χ3n) is 5.38. The van der Waals surface area contributed by atoms with Crippen LogP contribution in [-0.2, 0) is 0 Å². The fraction of sp³-hybridized carbons (Fsp3) is 0.600. The molecule has 0 aliphatic heterocycles. The van der Waals surface area contributed by atoms with Crippen LogP contribution in [-0.4, -0.2) is 10.0 Å². The van der Waals surface area contributed by atoms with Gasteiger partial charge in [0.1, 0.15) is 0 Å². The molecule has 1 unspecified atom stereocenters. The van der Waals surface area contributed by atoms with Gasteiger partial charge in [0.25, 0.3) is 0 Å². The Morgan fingerprint density at radius 2 is 2.12 bits per heavy atom. The van der Waals surface area contributed by atoms with Crippen LogP contribution >= 0.6 is 0 Å². The van der Waals surface area contributed by atoms with Crippen molar-refractivity contribution in [3.63, 3.8) is 0 Å². The lowest BCUT2D eigenvalue weighted by atomic mass is 9.70. The lowest BCUT2D eigenvalue weighted by Gasteiger charge is -2.34.